The van der Waals surface area contributed by atoms with Crippen LogP contribution in [0.5, 0.6) is 5.75 Å². The Kier molecular flexibility index (Phi) is 8.25. The molecule has 0 aliphatic carbocycles. The van der Waals surface area contributed by atoms with Crippen molar-refractivity contribution in [3.05, 3.63) is 30.3 Å². The van der Waals surface area contributed by atoms with Crippen molar-refractivity contribution in [1.82, 2.24) is 10.2 Å². The van der Waals surface area contributed by atoms with Gasteiger partial charge in [-0.2, -0.15) is 0 Å². The van der Waals surface area contributed by atoms with Crippen LogP contribution in [0.15, 0.2) is 35.3 Å². The van der Waals surface area contributed by atoms with Crippen molar-refractivity contribution in [2.45, 2.75) is 39.2 Å². The molecule has 1 aliphatic heterocycles. The van der Waals surface area contributed by atoms with Crippen LogP contribution in [-0.2, 0) is 9.53 Å². The third-order valence-corrected chi connectivity index (χ3v) is 4.61. The summed E-state index contributed by atoms with van der Waals surface area (Å²) in [4.78, 5) is 18.7. The predicted octanol–water partition coefficient (Wildman–Crippen LogP) is 2.69. The van der Waals surface area contributed by atoms with Gasteiger partial charge in [0.2, 0.25) is 0 Å². The molecule has 1 aliphatic rings. The van der Waals surface area contributed by atoms with Crippen molar-refractivity contribution < 1.29 is 14.3 Å². The predicted molar refractivity (Wildman–Crippen MR) is 103 cm³/mol. The van der Waals surface area contributed by atoms with Crippen LogP contribution in [0.25, 0.3) is 0 Å². The van der Waals surface area contributed by atoms with E-state index in [0.29, 0.717) is 6.54 Å². The minimum atomic E-state index is -0.103. The van der Waals surface area contributed by atoms with Gasteiger partial charge in [-0.05, 0) is 38.3 Å². The highest BCUT2D eigenvalue weighted by Crippen LogP contribution is 2.19. The number of nitrogens with zero attached hydrogens (tertiary/aromatic N) is 2. The van der Waals surface area contributed by atoms with Crippen molar-refractivity contribution in [2.75, 3.05) is 33.3 Å². The number of para-hydroxylation sites is 1. The molecule has 0 saturated carbocycles. The number of guanidine groups is 1. The second-order valence-electron chi connectivity index (χ2n) is 6.44. The van der Waals surface area contributed by atoms with Gasteiger partial charge in [0.25, 0.3) is 0 Å². The maximum absolute atomic E-state index is 11.7. The quantitative estimate of drug-likeness (QED) is 0.460. The number of nitrogens with one attached hydrogen (secondary N) is 1. The zero-order chi connectivity index (χ0) is 18.8. The Labute approximate surface area is 156 Å². The standard InChI is InChI=1S/C20H31N3O3/c1-4-17(26-18-9-7-6-8-10-18)15-22-20(21-5-2)23-13-11-16(12-14-23)19(24)25-3/h6-10,16-17H,4-5,11-15H2,1-3H3,(H,21,22). The summed E-state index contributed by atoms with van der Waals surface area (Å²) in [6.07, 6.45) is 2.53. The van der Waals surface area contributed by atoms with Crippen molar-refractivity contribution >= 4 is 11.9 Å². The van der Waals surface area contributed by atoms with E-state index in [0.717, 1.165) is 50.6 Å². The molecule has 6 heteroatoms. The molecule has 0 amide bonds. The maximum atomic E-state index is 11.7. The van der Waals surface area contributed by atoms with E-state index in [4.69, 9.17) is 14.5 Å². The number of aliphatic imine (C=N–C) groups is 1. The lowest BCUT2D eigenvalue weighted by molar-refractivity contribution is -0.146. The first-order valence-electron chi connectivity index (χ1n) is 9.50. The molecule has 144 valence electrons. The topological polar surface area (TPSA) is 63.2 Å². The summed E-state index contributed by atoms with van der Waals surface area (Å²) in [5.41, 5.74) is 0. The third-order valence-electron chi connectivity index (χ3n) is 4.61. The summed E-state index contributed by atoms with van der Waals surface area (Å²) in [7, 11) is 1.46. The van der Waals surface area contributed by atoms with E-state index in [2.05, 4.69) is 24.1 Å². The fraction of sp³-hybridized carbons (Fsp3) is 0.600. The number of likely N-dealkylation sites (tertiary alicyclic amines) is 1. The summed E-state index contributed by atoms with van der Waals surface area (Å²) in [5, 5.41) is 3.36. The van der Waals surface area contributed by atoms with Crippen LogP contribution < -0.4 is 10.1 Å². The van der Waals surface area contributed by atoms with Crippen LogP contribution in [0.3, 0.4) is 0 Å². The highest BCUT2D eigenvalue weighted by Gasteiger charge is 2.27. The number of carbonyl (C=O) groups excluding carboxylic acids is 1. The second-order valence-corrected chi connectivity index (χ2v) is 6.44. The van der Waals surface area contributed by atoms with Gasteiger partial charge in [0.05, 0.1) is 19.6 Å². The first-order valence-corrected chi connectivity index (χ1v) is 9.50. The molecule has 1 fully saturated rings. The summed E-state index contributed by atoms with van der Waals surface area (Å²) >= 11 is 0. The number of methoxy groups -OCH3 is 1. The summed E-state index contributed by atoms with van der Waals surface area (Å²) in [5.74, 6) is 1.67. The van der Waals surface area contributed by atoms with E-state index in [1.54, 1.807) is 0 Å². The van der Waals surface area contributed by atoms with E-state index in [9.17, 15) is 4.79 Å². The van der Waals surface area contributed by atoms with Gasteiger partial charge in [0, 0.05) is 19.6 Å². The lowest BCUT2D eigenvalue weighted by Gasteiger charge is -2.33. The highest BCUT2D eigenvalue weighted by molar-refractivity contribution is 5.80. The van der Waals surface area contributed by atoms with Crippen molar-refractivity contribution in [1.29, 1.82) is 0 Å². The lowest BCUT2D eigenvalue weighted by Crippen LogP contribution is -2.47. The molecule has 0 aromatic heterocycles. The maximum Gasteiger partial charge on any atom is 0.308 e. The number of ether oxygens (including phenoxy) is 2. The molecule has 6 nitrogen and oxygen atoms in total. The molecule has 1 N–H and O–H groups in total. The Morgan fingerprint density at radius 3 is 2.54 bits per heavy atom. The van der Waals surface area contributed by atoms with Crippen LogP contribution >= 0.6 is 0 Å². The molecule has 1 aromatic rings. The third kappa shape index (κ3) is 5.93. The van der Waals surface area contributed by atoms with Gasteiger partial charge in [-0.15, -0.1) is 0 Å². The molecule has 0 radical (unpaired) electrons. The first kappa shape index (κ1) is 20.1. The average Bonchev–Trinajstić information content (AvgIpc) is 2.70. The smallest absolute Gasteiger partial charge is 0.308 e. The number of hydrogen-bond donors (Lipinski definition) is 1. The van der Waals surface area contributed by atoms with E-state index in [1.165, 1.54) is 7.11 Å². The molecule has 1 aromatic carbocycles. The van der Waals surface area contributed by atoms with Crippen LogP contribution in [0.2, 0.25) is 0 Å². The lowest BCUT2D eigenvalue weighted by atomic mass is 9.97. The number of carbonyl (C=O) groups is 1. The number of hydrogen-bond acceptors (Lipinski definition) is 4. The molecule has 1 heterocycles. The van der Waals surface area contributed by atoms with Crippen LogP contribution in [0.4, 0.5) is 0 Å². The number of piperidine rings is 1. The molecule has 0 spiro atoms. The minimum absolute atomic E-state index is 0.00364. The molecule has 1 atom stereocenters. The van der Waals surface area contributed by atoms with Gasteiger partial charge in [0.15, 0.2) is 5.96 Å². The Morgan fingerprint density at radius 1 is 1.27 bits per heavy atom. The molecule has 1 unspecified atom stereocenters. The summed E-state index contributed by atoms with van der Waals surface area (Å²) in [6.45, 7) is 7.20. The van der Waals surface area contributed by atoms with Gasteiger partial charge in [-0.3, -0.25) is 4.79 Å². The minimum Gasteiger partial charge on any atom is -0.489 e. The first-order chi connectivity index (χ1) is 12.7. The summed E-state index contributed by atoms with van der Waals surface area (Å²) in [6, 6.07) is 9.86. The van der Waals surface area contributed by atoms with Crippen LogP contribution in [0.1, 0.15) is 33.1 Å². The SMILES string of the molecule is CCNC(=NCC(CC)Oc1ccccc1)N1CCC(C(=O)OC)CC1. The van der Waals surface area contributed by atoms with E-state index >= 15 is 0 Å². The largest absolute Gasteiger partial charge is 0.489 e. The number of rotatable bonds is 7. The fourth-order valence-electron chi connectivity index (χ4n) is 3.05. The van der Waals surface area contributed by atoms with Crippen LogP contribution in [0, 0.1) is 5.92 Å². The van der Waals surface area contributed by atoms with E-state index in [1.807, 2.05) is 30.3 Å². The molecular weight excluding hydrogens is 330 g/mol. The van der Waals surface area contributed by atoms with E-state index in [-0.39, 0.29) is 18.0 Å². The van der Waals surface area contributed by atoms with Gasteiger partial charge >= 0.3 is 5.97 Å². The normalized spacial score (nSPS) is 16.9. The van der Waals surface area contributed by atoms with Gasteiger partial charge < -0.3 is 19.7 Å². The monoisotopic (exact) mass is 361 g/mol. The molecular formula is C20H31N3O3. The molecule has 2 rings (SSSR count). The van der Waals surface area contributed by atoms with Crippen molar-refractivity contribution in [2.24, 2.45) is 10.9 Å². The van der Waals surface area contributed by atoms with Gasteiger partial charge in [0.1, 0.15) is 11.9 Å². The summed E-state index contributed by atoms with van der Waals surface area (Å²) < 4.78 is 10.9. The second kappa shape index (κ2) is 10.7. The fourth-order valence-corrected chi connectivity index (χ4v) is 3.05. The number of benzene rings is 1. The highest BCUT2D eigenvalue weighted by atomic mass is 16.5. The Hall–Kier alpha value is -2.24. The Morgan fingerprint density at radius 2 is 1.96 bits per heavy atom. The molecule has 26 heavy (non-hydrogen) atoms. The number of esters is 1. The van der Waals surface area contributed by atoms with Gasteiger partial charge in [-0.25, -0.2) is 4.99 Å². The van der Waals surface area contributed by atoms with Crippen molar-refractivity contribution in [3.63, 3.8) is 0 Å². The Balaban J connectivity index is 1.94. The van der Waals surface area contributed by atoms with Crippen molar-refractivity contribution in [3.8, 4) is 5.75 Å². The average molecular weight is 361 g/mol. The van der Waals surface area contributed by atoms with Gasteiger partial charge in [-0.1, -0.05) is 25.1 Å². The molecule has 0 bridgehead atoms. The zero-order valence-corrected chi connectivity index (χ0v) is 16.1. The molecule has 1 saturated heterocycles. The van der Waals surface area contributed by atoms with E-state index < -0.39 is 0 Å². The Bertz CT molecular complexity index is 569. The zero-order valence-electron chi connectivity index (χ0n) is 16.1. The van der Waals surface area contributed by atoms with Crippen LogP contribution in [-0.4, -0.2) is 56.2 Å².